The number of fused-ring (bicyclic) bond motifs is 1. The Labute approximate surface area is 193 Å². The molecule has 2 aromatic carbocycles. The van der Waals surface area contributed by atoms with Crippen molar-refractivity contribution in [3.8, 4) is 11.4 Å². The van der Waals surface area contributed by atoms with Crippen LogP contribution in [0.1, 0.15) is 5.56 Å². The van der Waals surface area contributed by atoms with Gasteiger partial charge in [0.05, 0.1) is 18.5 Å². The predicted molar refractivity (Wildman–Crippen MR) is 133 cm³/mol. The molecular weight excluding hydrogens is 412 g/mol. The van der Waals surface area contributed by atoms with Crippen LogP contribution in [0.5, 0.6) is 5.75 Å². The minimum absolute atomic E-state index is 0.0139. The quantitative estimate of drug-likeness (QED) is 0.457. The number of anilines is 1. The number of hydrogen-bond acceptors (Lipinski definition) is 5. The molecule has 2 aromatic heterocycles. The molecule has 168 valence electrons. The summed E-state index contributed by atoms with van der Waals surface area (Å²) >= 11 is 0. The van der Waals surface area contributed by atoms with E-state index < -0.39 is 0 Å². The molecule has 1 saturated heterocycles. The first-order valence-electron chi connectivity index (χ1n) is 11.4. The summed E-state index contributed by atoms with van der Waals surface area (Å²) in [5.74, 6) is 0.914. The highest BCUT2D eigenvalue weighted by Crippen LogP contribution is 2.28. The summed E-state index contributed by atoms with van der Waals surface area (Å²) in [7, 11) is 1.72. The fourth-order valence-electron chi connectivity index (χ4n) is 4.58. The van der Waals surface area contributed by atoms with Crippen LogP contribution in [0.25, 0.3) is 16.7 Å². The van der Waals surface area contributed by atoms with Crippen LogP contribution < -0.4 is 15.2 Å². The van der Waals surface area contributed by atoms with E-state index in [1.54, 1.807) is 17.9 Å². The molecular formula is C27H28N4O2. The lowest BCUT2D eigenvalue weighted by Gasteiger charge is -2.36. The topological polar surface area (TPSA) is 50.6 Å². The predicted octanol–water partition coefficient (Wildman–Crippen LogP) is 3.76. The van der Waals surface area contributed by atoms with Crippen LogP contribution in [-0.4, -0.2) is 54.3 Å². The first-order valence-corrected chi connectivity index (χ1v) is 11.4. The number of aromatic nitrogens is 2. The fourth-order valence-corrected chi connectivity index (χ4v) is 4.58. The number of ether oxygens (including phenoxy) is 1. The van der Waals surface area contributed by atoms with E-state index in [1.165, 1.54) is 0 Å². The van der Waals surface area contributed by atoms with Crippen LogP contribution in [0, 0.1) is 0 Å². The molecule has 0 N–H and O–H groups in total. The van der Waals surface area contributed by atoms with Gasteiger partial charge in [-0.05, 0) is 48.9 Å². The summed E-state index contributed by atoms with van der Waals surface area (Å²) in [5.41, 5.74) is 3.53. The Morgan fingerprint density at radius 3 is 2.45 bits per heavy atom. The third-order valence-electron chi connectivity index (χ3n) is 6.35. The number of nitrogens with zero attached hydrogens (tertiary/aromatic N) is 4. The zero-order chi connectivity index (χ0) is 22.6. The van der Waals surface area contributed by atoms with Crippen molar-refractivity contribution in [1.82, 2.24) is 14.5 Å². The van der Waals surface area contributed by atoms with Gasteiger partial charge in [0.2, 0.25) is 0 Å². The summed E-state index contributed by atoms with van der Waals surface area (Å²) in [6, 6.07) is 23.9. The van der Waals surface area contributed by atoms with Crippen molar-refractivity contribution in [3.05, 3.63) is 94.9 Å². The first kappa shape index (κ1) is 21.2. The number of piperazine rings is 1. The van der Waals surface area contributed by atoms with E-state index in [4.69, 9.17) is 4.74 Å². The Kier molecular flexibility index (Phi) is 6.09. The van der Waals surface area contributed by atoms with Crippen molar-refractivity contribution >= 4 is 16.7 Å². The summed E-state index contributed by atoms with van der Waals surface area (Å²) in [4.78, 5) is 22.8. The average Bonchev–Trinajstić information content (AvgIpc) is 2.88. The molecule has 33 heavy (non-hydrogen) atoms. The molecule has 4 aromatic rings. The number of methoxy groups -OCH3 is 1. The molecule has 0 atom stereocenters. The molecule has 3 heterocycles. The van der Waals surface area contributed by atoms with E-state index in [0.29, 0.717) is 12.1 Å². The van der Waals surface area contributed by atoms with E-state index >= 15 is 0 Å². The number of hydrogen-bond donors (Lipinski definition) is 0. The summed E-state index contributed by atoms with van der Waals surface area (Å²) in [5, 5.41) is 0.983. The number of benzene rings is 2. The zero-order valence-electron chi connectivity index (χ0n) is 18.9. The van der Waals surface area contributed by atoms with Crippen molar-refractivity contribution in [3.63, 3.8) is 0 Å². The van der Waals surface area contributed by atoms with Crippen LogP contribution >= 0.6 is 0 Å². The largest absolute Gasteiger partial charge is 0.495 e. The highest BCUT2D eigenvalue weighted by atomic mass is 16.5. The summed E-state index contributed by atoms with van der Waals surface area (Å²) < 4.78 is 7.27. The Bertz CT molecular complexity index is 1290. The van der Waals surface area contributed by atoms with Crippen LogP contribution in [-0.2, 0) is 6.42 Å². The fraction of sp³-hybridized carbons (Fsp3) is 0.259. The van der Waals surface area contributed by atoms with Gasteiger partial charge in [-0.15, -0.1) is 0 Å². The van der Waals surface area contributed by atoms with E-state index in [0.717, 1.165) is 60.8 Å². The second kappa shape index (κ2) is 9.46. The Hall–Kier alpha value is -3.64. The highest BCUT2D eigenvalue weighted by Gasteiger charge is 2.20. The van der Waals surface area contributed by atoms with Crippen molar-refractivity contribution in [2.45, 2.75) is 6.42 Å². The maximum Gasteiger partial charge on any atom is 0.260 e. The zero-order valence-corrected chi connectivity index (χ0v) is 18.9. The Balaban J connectivity index is 1.33. The Morgan fingerprint density at radius 2 is 1.67 bits per heavy atom. The maximum atomic E-state index is 13.4. The molecule has 6 heteroatoms. The highest BCUT2D eigenvalue weighted by molar-refractivity contribution is 5.77. The molecule has 6 nitrogen and oxygen atoms in total. The van der Waals surface area contributed by atoms with Gasteiger partial charge in [-0.1, -0.05) is 30.3 Å². The minimum Gasteiger partial charge on any atom is -0.495 e. The van der Waals surface area contributed by atoms with Gasteiger partial charge in [-0.2, -0.15) is 0 Å². The van der Waals surface area contributed by atoms with Gasteiger partial charge in [-0.3, -0.25) is 14.3 Å². The Morgan fingerprint density at radius 1 is 0.909 bits per heavy atom. The van der Waals surface area contributed by atoms with Gasteiger partial charge in [0.25, 0.3) is 5.56 Å². The lowest BCUT2D eigenvalue weighted by molar-refractivity contribution is 0.260. The van der Waals surface area contributed by atoms with Crippen LogP contribution in [0.15, 0.2) is 83.8 Å². The molecule has 1 aliphatic rings. The second-order valence-corrected chi connectivity index (χ2v) is 8.31. The van der Waals surface area contributed by atoms with Crippen molar-refractivity contribution < 1.29 is 4.74 Å². The number of para-hydroxylation sites is 3. The van der Waals surface area contributed by atoms with Gasteiger partial charge >= 0.3 is 0 Å². The van der Waals surface area contributed by atoms with E-state index in [1.807, 2.05) is 60.7 Å². The van der Waals surface area contributed by atoms with Gasteiger partial charge in [-0.25, -0.2) is 4.98 Å². The smallest absolute Gasteiger partial charge is 0.260 e. The molecule has 0 aliphatic carbocycles. The molecule has 1 aliphatic heterocycles. The number of pyridine rings is 2. The van der Waals surface area contributed by atoms with Crippen LogP contribution in [0.3, 0.4) is 0 Å². The molecule has 0 spiro atoms. The summed E-state index contributed by atoms with van der Waals surface area (Å²) in [6.45, 7) is 4.65. The molecule has 0 radical (unpaired) electrons. The van der Waals surface area contributed by atoms with Gasteiger partial charge in [0.15, 0.2) is 0 Å². The number of rotatable bonds is 6. The van der Waals surface area contributed by atoms with Crippen molar-refractivity contribution in [2.75, 3.05) is 44.7 Å². The molecule has 0 amide bonds. The molecule has 1 fully saturated rings. The third kappa shape index (κ3) is 4.34. The SMILES string of the molecule is COc1ccccc1N1CCN(CCc2cc3cccnc3n(-c3ccccc3)c2=O)CC1. The average molecular weight is 441 g/mol. The standard InChI is InChI=1S/C27H28N4O2/c1-33-25-12-6-5-11-24(25)30-18-16-29(17-19-30)15-13-22-20-21-8-7-14-28-26(21)31(27(22)32)23-9-3-2-4-10-23/h2-12,14,20H,13,15-19H2,1H3. The van der Waals surface area contributed by atoms with Crippen LogP contribution in [0.4, 0.5) is 5.69 Å². The van der Waals surface area contributed by atoms with Crippen molar-refractivity contribution in [1.29, 1.82) is 0 Å². The molecule has 0 unspecified atom stereocenters. The van der Waals surface area contributed by atoms with E-state index in [-0.39, 0.29) is 5.56 Å². The minimum atomic E-state index is 0.0139. The summed E-state index contributed by atoms with van der Waals surface area (Å²) in [6.07, 6.45) is 2.45. The van der Waals surface area contributed by atoms with Crippen molar-refractivity contribution in [2.24, 2.45) is 0 Å². The third-order valence-corrected chi connectivity index (χ3v) is 6.35. The lowest BCUT2D eigenvalue weighted by atomic mass is 10.1. The second-order valence-electron chi connectivity index (χ2n) is 8.31. The molecule has 0 bridgehead atoms. The van der Waals surface area contributed by atoms with Crippen LogP contribution in [0.2, 0.25) is 0 Å². The molecule has 0 saturated carbocycles. The molecule has 5 rings (SSSR count). The van der Waals surface area contributed by atoms with Gasteiger partial charge in [0, 0.05) is 49.9 Å². The lowest BCUT2D eigenvalue weighted by Crippen LogP contribution is -2.47. The normalized spacial score (nSPS) is 14.5. The van der Waals surface area contributed by atoms with E-state index in [2.05, 4.69) is 26.9 Å². The van der Waals surface area contributed by atoms with Gasteiger partial charge in [0.1, 0.15) is 11.4 Å². The first-order chi connectivity index (χ1) is 16.2. The monoisotopic (exact) mass is 440 g/mol. The maximum absolute atomic E-state index is 13.4. The van der Waals surface area contributed by atoms with E-state index in [9.17, 15) is 4.79 Å². The van der Waals surface area contributed by atoms with Gasteiger partial charge < -0.3 is 9.64 Å².